The molecular weight excluding hydrogens is 218 g/mol. The van der Waals surface area contributed by atoms with Crippen molar-refractivity contribution in [3.05, 3.63) is 0 Å². The Kier molecular flexibility index (Phi) is 3.99. The van der Waals surface area contributed by atoms with E-state index in [4.69, 9.17) is 0 Å². The van der Waals surface area contributed by atoms with Crippen molar-refractivity contribution in [1.82, 2.24) is 15.1 Å². The number of amides is 2. The zero-order valence-electron chi connectivity index (χ0n) is 10.4. The zero-order valence-corrected chi connectivity index (χ0v) is 10.4. The Morgan fingerprint density at radius 2 is 2.24 bits per heavy atom. The highest BCUT2D eigenvalue weighted by Gasteiger charge is 2.29. The fraction of sp³-hybridized carbons (Fsp3) is 0.833. The molecule has 0 bridgehead atoms. The predicted octanol–water partition coefficient (Wildman–Crippen LogP) is -0.323. The second-order valence-electron chi connectivity index (χ2n) is 5.07. The van der Waals surface area contributed by atoms with Crippen molar-refractivity contribution >= 4 is 11.8 Å². The standard InChI is InChI=1S/C12H21N3O2/c1-10-7-11(16)15(8-10)9-12(17)14-5-2-3-13-4-6-14/h10,13H,2-9H2,1H3. The maximum atomic E-state index is 12.1. The molecule has 0 saturated carbocycles. The third-order valence-corrected chi connectivity index (χ3v) is 3.43. The molecule has 1 N–H and O–H groups in total. The molecule has 0 aliphatic carbocycles. The van der Waals surface area contributed by atoms with Crippen molar-refractivity contribution in [3.8, 4) is 0 Å². The number of carbonyl (C=O) groups is 2. The summed E-state index contributed by atoms with van der Waals surface area (Å²) in [7, 11) is 0. The van der Waals surface area contributed by atoms with Gasteiger partial charge in [0.2, 0.25) is 11.8 Å². The number of nitrogens with zero attached hydrogens (tertiary/aromatic N) is 2. The van der Waals surface area contributed by atoms with E-state index in [9.17, 15) is 9.59 Å². The molecule has 5 heteroatoms. The lowest BCUT2D eigenvalue weighted by Gasteiger charge is -2.23. The smallest absolute Gasteiger partial charge is 0.242 e. The molecule has 0 spiro atoms. The van der Waals surface area contributed by atoms with Crippen LogP contribution in [0.5, 0.6) is 0 Å². The molecule has 0 aromatic rings. The summed E-state index contributed by atoms with van der Waals surface area (Å²) in [6.45, 7) is 6.46. The predicted molar refractivity (Wildman–Crippen MR) is 64.4 cm³/mol. The first-order valence-electron chi connectivity index (χ1n) is 6.43. The summed E-state index contributed by atoms with van der Waals surface area (Å²) in [6, 6.07) is 0. The Bertz CT molecular complexity index is 298. The molecule has 2 heterocycles. The van der Waals surface area contributed by atoms with Gasteiger partial charge in [0.15, 0.2) is 0 Å². The van der Waals surface area contributed by atoms with E-state index in [0.29, 0.717) is 12.3 Å². The Morgan fingerprint density at radius 1 is 1.41 bits per heavy atom. The fourth-order valence-corrected chi connectivity index (χ4v) is 2.48. The van der Waals surface area contributed by atoms with E-state index >= 15 is 0 Å². The van der Waals surface area contributed by atoms with E-state index in [1.807, 2.05) is 4.90 Å². The van der Waals surface area contributed by atoms with Crippen molar-refractivity contribution in [1.29, 1.82) is 0 Å². The minimum absolute atomic E-state index is 0.0937. The van der Waals surface area contributed by atoms with Crippen LogP contribution in [0.2, 0.25) is 0 Å². The summed E-state index contributed by atoms with van der Waals surface area (Å²) < 4.78 is 0. The van der Waals surface area contributed by atoms with Crippen LogP contribution < -0.4 is 5.32 Å². The molecule has 2 amide bonds. The number of rotatable bonds is 2. The van der Waals surface area contributed by atoms with Gasteiger partial charge >= 0.3 is 0 Å². The number of hydrogen-bond donors (Lipinski definition) is 1. The Hall–Kier alpha value is -1.10. The van der Waals surface area contributed by atoms with Gasteiger partial charge in [-0.3, -0.25) is 9.59 Å². The zero-order chi connectivity index (χ0) is 12.3. The monoisotopic (exact) mass is 239 g/mol. The molecule has 0 aromatic carbocycles. The van der Waals surface area contributed by atoms with Gasteiger partial charge in [0.25, 0.3) is 0 Å². The van der Waals surface area contributed by atoms with Gasteiger partial charge in [-0.2, -0.15) is 0 Å². The van der Waals surface area contributed by atoms with Gasteiger partial charge in [0, 0.05) is 32.6 Å². The van der Waals surface area contributed by atoms with E-state index in [0.717, 1.165) is 39.1 Å². The lowest BCUT2D eigenvalue weighted by atomic mass is 10.2. The third-order valence-electron chi connectivity index (χ3n) is 3.43. The Labute approximate surface area is 102 Å². The first kappa shape index (κ1) is 12.4. The first-order valence-corrected chi connectivity index (χ1v) is 6.43. The summed E-state index contributed by atoms with van der Waals surface area (Å²) in [6.07, 6.45) is 1.59. The molecule has 1 unspecified atom stereocenters. The summed E-state index contributed by atoms with van der Waals surface area (Å²) in [5.74, 6) is 0.607. The average Bonchev–Trinajstić information content (AvgIpc) is 2.54. The summed E-state index contributed by atoms with van der Waals surface area (Å²) in [5.41, 5.74) is 0. The highest BCUT2D eigenvalue weighted by molar-refractivity contribution is 5.86. The largest absolute Gasteiger partial charge is 0.340 e. The molecule has 2 fully saturated rings. The van der Waals surface area contributed by atoms with Crippen molar-refractivity contribution in [2.75, 3.05) is 39.3 Å². The lowest BCUT2D eigenvalue weighted by molar-refractivity contribution is -0.138. The minimum atomic E-state index is 0.0937. The van der Waals surface area contributed by atoms with Gasteiger partial charge < -0.3 is 15.1 Å². The fourth-order valence-electron chi connectivity index (χ4n) is 2.48. The third kappa shape index (κ3) is 3.19. The van der Waals surface area contributed by atoms with E-state index in [2.05, 4.69) is 12.2 Å². The van der Waals surface area contributed by atoms with Gasteiger partial charge in [0.05, 0.1) is 6.54 Å². The number of hydrogen-bond acceptors (Lipinski definition) is 3. The Morgan fingerprint density at radius 3 is 2.94 bits per heavy atom. The van der Waals surface area contributed by atoms with Gasteiger partial charge in [-0.05, 0) is 18.9 Å². The molecule has 96 valence electrons. The van der Waals surface area contributed by atoms with Crippen LogP contribution in [0.15, 0.2) is 0 Å². The number of nitrogens with one attached hydrogen (secondary N) is 1. The minimum Gasteiger partial charge on any atom is -0.340 e. The molecule has 17 heavy (non-hydrogen) atoms. The van der Waals surface area contributed by atoms with Gasteiger partial charge in [-0.25, -0.2) is 0 Å². The molecule has 1 atom stereocenters. The van der Waals surface area contributed by atoms with Crippen molar-refractivity contribution in [3.63, 3.8) is 0 Å². The molecule has 5 nitrogen and oxygen atoms in total. The maximum Gasteiger partial charge on any atom is 0.242 e. The van der Waals surface area contributed by atoms with Gasteiger partial charge in [0.1, 0.15) is 0 Å². The number of likely N-dealkylation sites (tertiary alicyclic amines) is 1. The average molecular weight is 239 g/mol. The van der Waals surface area contributed by atoms with E-state index < -0.39 is 0 Å². The van der Waals surface area contributed by atoms with Crippen LogP contribution in [0, 0.1) is 5.92 Å². The molecule has 2 aliphatic rings. The van der Waals surface area contributed by atoms with Crippen molar-refractivity contribution < 1.29 is 9.59 Å². The quantitative estimate of drug-likeness (QED) is 0.718. The van der Waals surface area contributed by atoms with Gasteiger partial charge in [-0.15, -0.1) is 0 Å². The van der Waals surface area contributed by atoms with Crippen molar-refractivity contribution in [2.45, 2.75) is 19.8 Å². The molecule has 2 rings (SSSR count). The second kappa shape index (κ2) is 5.49. The number of carbonyl (C=O) groups excluding carboxylic acids is 2. The van der Waals surface area contributed by atoms with Crippen molar-refractivity contribution in [2.24, 2.45) is 5.92 Å². The van der Waals surface area contributed by atoms with Crippen LogP contribution >= 0.6 is 0 Å². The molecule has 2 saturated heterocycles. The van der Waals surface area contributed by atoms with Crippen LogP contribution in [0.25, 0.3) is 0 Å². The highest BCUT2D eigenvalue weighted by atomic mass is 16.2. The van der Waals surface area contributed by atoms with Crippen LogP contribution in [0.3, 0.4) is 0 Å². The van der Waals surface area contributed by atoms with Crippen LogP contribution in [0.1, 0.15) is 19.8 Å². The normalized spacial score (nSPS) is 26.2. The SMILES string of the molecule is CC1CC(=O)N(CC(=O)N2CCCNCC2)C1. The van der Waals surface area contributed by atoms with E-state index in [1.165, 1.54) is 0 Å². The molecule has 0 aromatic heterocycles. The molecular formula is C12H21N3O2. The van der Waals surface area contributed by atoms with E-state index in [-0.39, 0.29) is 18.4 Å². The van der Waals surface area contributed by atoms with Crippen LogP contribution in [-0.2, 0) is 9.59 Å². The van der Waals surface area contributed by atoms with Gasteiger partial charge in [-0.1, -0.05) is 6.92 Å². The topological polar surface area (TPSA) is 52.7 Å². The molecule has 2 aliphatic heterocycles. The lowest BCUT2D eigenvalue weighted by Crippen LogP contribution is -2.42. The first-order chi connectivity index (χ1) is 8.16. The second-order valence-corrected chi connectivity index (χ2v) is 5.07. The van der Waals surface area contributed by atoms with Crippen LogP contribution in [-0.4, -0.2) is 60.9 Å². The van der Waals surface area contributed by atoms with Crippen LogP contribution in [0.4, 0.5) is 0 Å². The summed E-state index contributed by atoms with van der Waals surface area (Å²) >= 11 is 0. The summed E-state index contributed by atoms with van der Waals surface area (Å²) in [4.78, 5) is 27.2. The summed E-state index contributed by atoms with van der Waals surface area (Å²) in [5, 5.41) is 3.27. The Balaban J connectivity index is 1.85. The maximum absolute atomic E-state index is 12.1. The highest BCUT2D eigenvalue weighted by Crippen LogP contribution is 2.16. The van der Waals surface area contributed by atoms with E-state index in [1.54, 1.807) is 4.90 Å². The molecule has 0 radical (unpaired) electrons.